The number of H-pyrrole nitrogens is 1. The molecule has 186 valence electrons. The number of aryl methyl sites for hydroxylation is 1. The molecular weight excluding hydrogens is 472 g/mol. The van der Waals surface area contributed by atoms with Gasteiger partial charge in [0.15, 0.2) is 0 Å². The van der Waals surface area contributed by atoms with Crippen LogP contribution in [-0.4, -0.2) is 47.8 Å². The topological polar surface area (TPSA) is 142 Å². The maximum absolute atomic E-state index is 12.6. The van der Waals surface area contributed by atoms with Crippen molar-refractivity contribution in [3.8, 4) is 0 Å². The number of nitrogens with zero attached hydrogens (tertiary/aromatic N) is 2. The van der Waals surface area contributed by atoms with Crippen LogP contribution in [0.25, 0.3) is 10.9 Å². The first-order valence-corrected chi connectivity index (χ1v) is 12.9. The summed E-state index contributed by atoms with van der Waals surface area (Å²) in [5.41, 5.74) is 2.46. The summed E-state index contributed by atoms with van der Waals surface area (Å²) in [5.74, 6) is -0.197. The van der Waals surface area contributed by atoms with E-state index in [-0.39, 0.29) is 35.1 Å². The van der Waals surface area contributed by atoms with Crippen molar-refractivity contribution in [1.29, 1.82) is 0 Å². The zero-order chi connectivity index (χ0) is 25.2. The average molecular weight is 501 g/mol. The van der Waals surface area contributed by atoms with Crippen molar-refractivity contribution in [1.82, 2.24) is 15.2 Å². The summed E-state index contributed by atoms with van der Waals surface area (Å²) in [4.78, 5) is 37.7. The van der Waals surface area contributed by atoms with Crippen LogP contribution in [0.2, 0.25) is 0 Å². The Morgan fingerprint density at radius 3 is 2.17 bits per heavy atom. The number of imide groups is 1. The number of hydrogen-bond acceptors (Lipinski definition) is 6. The molecule has 5 rings (SSSR count). The van der Waals surface area contributed by atoms with Crippen molar-refractivity contribution in [3.63, 3.8) is 0 Å². The number of hydrogen-bond donors (Lipinski definition) is 3. The first-order chi connectivity index (χ1) is 16.6. The summed E-state index contributed by atoms with van der Waals surface area (Å²) >= 11 is 0. The Hall–Kier alpha value is -3.28. The lowest BCUT2D eigenvalue weighted by atomic mass is 9.90. The summed E-state index contributed by atoms with van der Waals surface area (Å²) in [7, 11) is -4.02. The molecule has 3 aromatic rings. The molecule has 2 aliphatic heterocycles. The van der Waals surface area contributed by atoms with Crippen LogP contribution in [0.5, 0.6) is 0 Å². The molecule has 0 spiro atoms. The Morgan fingerprint density at radius 2 is 1.57 bits per heavy atom. The molecule has 0 aliphatic carbocycles. The number of fused-ring (bicyclic) bond motifs is 1. The third-order valence-electron chi connectivity index (χ3n) is 6.28. The number of benzene rings is 2. The zero-order valence-corrected chi connectivity index (χ0v) is 20.2. The average Bonchev–Trinajstić information content (AvgIpc) is 3.15. The van der Waals surface area contributed by atoms with Crippen molar-refractivity contribution < 1.29 is 22.6 Å². The highest BCUT2D eigenvalue weighted by Gasteiger charge is 2.30. The number of rotatable bonds is 3. The molecule has 0 radical (unpaired) electrons. The molecule has 35 heavy (non-hydrogen) atoms. The molecule has 1 aromatic heterocycles. The summed E-state index contributed by atoms with van der Waals surface area (Å²) in [5, 5.41) is 7.74. The minimum atomic E-state index is -4.02. The SMILES string of the molecule is Cc1ccc(S(=O)(=O)O)cc1.O=C1CCCC(=O)N1n1[nH]c2cc(C3CCNCC3)ccc2c1=O. The van der Waals surface area contributed by atoms with E-state index in [0.29, 0.717) is 23.2 Å². The van der Waals surface area contributed by atoms with E-state index in [1.165, 1.54) is 17.7 Å². The molecule has 2 aromatic carbocycles. The van der Waals surface area contributed by atoms with E-state index in [4.69, 9.17) is 4.55 Å². The Kier molecular flexibility index (Phi) is 7.20. The molecule has 2 aliphatic rings. The van der Waals surface area contributed by atoms with Gasteiger partial charge in [0.2, 0.25) is 11.8 Å². The van der Waals surface area contributed by atoms with Gasteiger partial charge in [-0.1, -0.05) is 23.8 Å². The Balaban J connectivity index is 0.000000221. The maximum Gasteiger partial charge on any atom is 0.294 e. The van der Waals surface area contributed by atoms with Crippen LogP contribution in [0.15, 0.2) is 52.2 Å². The van der Waals surface area contributed by atoms with Gasteiger partial charge in [-0.15, -0.1) is 4.79 Å². The Morgan fingerprint density at radius 1 is 0.943 bits per heavy atom. The quantitative estimate of drug-likeness (QED) is 0.370. The number of carbonyl (C=O) groups excluding carboxylic acids is 2. The van der Waals surface area contributed by atoms with Gasteiger partial charge in [0.1, 0.15) is 0 Å². The molecule has 0 unspecified atom stereocenters. The second-order valence-electron chi connectivity index (χ2n) is 8.80. The second kappa shape index (κ2) is 10.1. The molecule has 2 fully saturated rings. The highest BCUT2D eigenvalue weighted by Crippen LogP contribution is 2.27. The molecule has 0 saturated carbocycles. The van der Waals surface area contributed by atoms with Gasteiger partial charge in [0.05, 0.1) is 15.8 Å². The van der Waals surface area contributed by atoms with E-state index in [2.05, 4.69) is 10.4 Å². The van der Waals surface area contributed by atoms with Gasteiger partial charge >= 0.3 is 0 Å². The third kappa shape index (κ3) is 5.53. The summed E-state index contributed by atoms with van der Waals surface area (Å²) in [6.07, 6.45) is 3.25. The van der Waals surface area contributed by atoms with Crippen molar-refractivity contribution in [2.75, 3.05) is 18.1 Å². The predicted octanol–water partition coefficient (Wildman–Crippen LogP) is 2.21. The largest absolute Gasteiger partial charge is 0.317 e. The molecule has 0 atom stereocenters. The van der Waals surface area contributed by atoms with Gasteiger partial charge in [-0.05, 0) is 75.0 Å². The molecule has 10 nitrogen and oxygen atoms in total. The fraction of sp³-hybridized carbons (Fsp3) is 0.375. The van der Waals surface area contributed by atoms with E-state index < -0.39 is 10.1 Å². The number of piperidine rings is 2. The first-order valence-electron chi connectivity index (χ1n) is 11.5. The Labute approximate surface area is 202 Å². The number of aromatic amines is 1. The van der Waals surface area contributed by atoms with E-state index in [9.17, 15) is 22.8 Å². The minimum Gasteiger partial charge on any atom is -0.317 e. The van der Waals surface area contributed by atoms with E-state index in [0.717, 1.165) is 41.3 Å². The van der Waals surface area contributed by atoms with Gasteiger partial charge in [-0.2, -0.15) is 13.4 Å². The number of nitrogens with one attached hydrogen (secondary N) is 2. The summed E-state index contributed by atoms with van der Waals surface area (Å²) in [6.45, 7) is 3.84. The van der Waals surface area contributed by atoms with E-state index in [1.54, 1.807) is 18.2 Å². The molecular formula is C24H28N4O6S. The van der Waals surface area contributed by atoms with E-state index >= 15 is 0 Å². The van der Waals surface area contributed by atoms with Gasteiger partial charge in [0, 0.05) is 12.8 Å². The third-order valence-corrected chi connectivity index (χ3v) is 7.14. The molecule has 2 saturated heterocycles. The van der Waals surface area contributed by atoms with Crippen LogP contribution in [0.3, 0.4) is 0 Å². The van der Waals surface area contributed by atoms with E-state index in [1.807, 2.05) is 19.1 Å². The van der Waals surface area contributed by atoms with Crippen LogP contribution >= 0.6 is 0 Å². The first kappa shape index (κ1) is 24.8. The number of amides is 2. The fourth-order valence-electron chi connectivity index (χ4n) is 4.34. The summed E-state index contributed by atoms with van der Waals surface area (Å²) in [6, 6.07) is 11.7. The number of carbonyl (C=O) groups is 2. The molecule has 2 amide bonds. The zero-order valence-electron chi connectivity index (χ0n) is 19.4. The standard InChI is InChI=1S/C17H20N4O3.C7H8O3S/c22-15-2-1-3-16(23)20(15)21-17(24)13-5-4-12(10-14(13)19-21)11-6-8-18-9-7-11;1-6-2-4-7(5-3-6)11(8,9)10/h4-5,10-11,18-19H,1-3,6-9H2;2-5H,1H3,(H,8,9,10). The normalized spacial score (nSPS) is 17.4. The van der Waals surface area contributed by atoms with Gasteiger partial charge < -0.3 is 5.32 Å². The highest BCUT2D eigenvalue weighted by molar-refractivity contribution is 7.85. The van der Waals surface area contributed by atoms with Crippen LogP contribution in [0.1, 0.15) is 49.1 Å². The predicted molar refractivity (Wildman–Crippen MR) is 130 cm³/mol. The lowest BCUT2D eigenvalue weighted by molar-refractivity contribution is -0.131. The Bertz CT molecular complexity index is 1390. The molecule has 11 heteroatoms. The highest BCUT2D eigenvalue weighted by atomic mass is 32.2. The van der Waals surface area contributed by atoms with Crippen molar-refractivity contribution in [2.24, 2.45) is 0 Å². The molecule has 3 N–H and O–H groups in total. The molecule has 0 bridgehead atoms. The minimum absolute atomic E-state index is 0.0666. The van der Waals surface area contributed by atoms with Crippen molar-refractivity contribution in [3.05, 3.63) is 63.9 Å². The van der Waals surface area contributed by atoms with Crippen LogP contribution in [-0.2, 0) is 19.7 Å². The van der Waals surface area contributed by atoms with Gasteiger partial charge in [-0.25, -0.2) is 0 Å². The van der Waals surface area contributed by atoms with Crippen LogP contribution in [0.4, 0.5) is 0 Å². The van der Waals surface area contributed by atoms with Crippen LogP contribution in [0, 0.1) is 6.92 Å². The monoisotopic (exact) mass is 500 g/mol. The lowest BCUT2D eigenvalue weighted by Crippen LogP contribution is -2.52. The smallest absolute Gasteiger partial charge is 0.294 e. The van der Waals surface area contributed by atoms with Crippen LogP contribution < -0.4 is 15.9 Å². The fourth-order valence-corrected chi connectivity index (χ4v) is 4.82. The summed E-state index contributed by atoms with van der Waals surface area (Å²) < 4.78 is 29.6. The second-order valence-corrected chi connectivity index (χ2v) is 10.2. The van der Waals surface area contributed by atoms with Crippen molar-refractivity contribution >= 4 is 32.8 Å². The molecule has 3 heterocycles. The maximum atomic E-state index is 12.6. The van der Waals surface area contributed by atoms with Gasteiger partial charge in [-0.3, -0.25) is 24.0 Å². The van der Waals surface area contributed by atoms with Gasteiger partial charge in [0.25, 0.3) is 15.7 Å². The lowest BCUT2D eigenvalue weighted by Gasteiger charge is -2.23. The number of aromatic nitrogens is 2. The van der Waals surface area contributed by atoms with Crippen molar-refractivity contribution in [2.45, 2.75) is 49.8 Å².